The number of carbonyl (C=O) groups is 1. The molecule has 2 aromatic carbocycles. The molecule has 0 bridgehead atoms. The topological polar surface area (TPSA) is 66.9 Å². The van der Waals surface area contributed by atoms with Crippen molar-refractivity contribution >= 4 is 23.4 Å². The quantitative estimate of drug-likeness (QED) is 0.332. The Morgan fingerprint density at radius 3 is 2.58 bits per heavy atom. The highest BCUT2D eigenvalue weighted by molar-refractivity contribution is 7.13. The summed E-state index contributed by atoms with van der Waals surface area (Å²) in [7, 11) is 3.12. The molecule has 0 unspecified atom stereocenters. The van der Waals surface area contributed by atoms with Gasteiger partial charge < -0.3 is 18.9 Å². The molecular formula is C22H19F2NO5S. The van der Waals surface area contributed by atoms with Gasteiger partial charge in [0.15, 0.2) is 11.5 Å². The molecule has 0 saturated carbocycles. The van der Waals surface area contributed by atoms with Crippen LogP contribution in [0.4, 0.5) is 8.78 Å². The summed E-state index contributed by atoms with van der Waals surface area (Å²) in [6, 6.07) is 11.4. The molecule has 0 saturated heterocycles. The molecule has 0 N–H and O–H groups in total. The molecule has 0 aliphatic heterocycles. The van der Waals surface area contributed by atoms with Crippen molar-refractivity contribution in [3.8, 4) is 27.8 Å². The van der Waals surface area contributed by atoms with Crippen molar-refractivity contribution in [2.24, 2.45) is 0 Å². The van der Waals surface area contributed by atoms with E-state index in [-0.39, 0.29) is 12.4 Å². The zero-order chi connectivity index (χ0) is 22.2. The Morgan fingerprint density at radius 2 is 1.90 bits per heavy atom. The fourth-order valence-electron chi connectivity index (χ4n) is 2.67. The molecule has 0 fully saturated rings. The predicted octanol–water partition coefficient (Wildman–Crippen LogP) is 5.19. The van der Waals surface area contributed by atoms with Gasteiger partial charge in [-0.05, 0) is 35.9 Å². The van der Waals surface area contributed by atoms with E-state index in [0.717, 1.165) is 5.56 Å². The van der Waals surface area contributed by atoms with Gasteiger partial charge in [-0.2, -0.15) is 8.78 Å². The summed E-state index contributed by atoms with van der Waals surface area (Å²) in [5, 5.41) is 2.51. The summed E-state index contributed by atoms with van der Waals surface area (Å²) in [6.45, 7) is -2.87. The number of carbonyl (C=O) groups excluding carboxylic acids is 1. The van der Waals surface area contributed by atoms with Crippen LogP contribution in [0.5, 0.6) is 17.2 Å². The summed E-state index contributed by atoms with van der Waals surface area (Å²) in [5.74, 6) is 0.668. The van der Waals surface area contributed by atoms with E-state index in [1.165, 1.54) is 35.6 Å². The Morgan fingerprint density at radius 1 is 1.13 bits per heavy atom. The number of hydrogen-bond acceptors (Lipinski definition) is 7. The molecule has 0 atom stereocenters. The van der Waals surface area contributed by atoms with Crippen LogP contribution < -0.4 is 14.2 Å². The monoisotopic (exact) mass is 447 g/mol. The van der Waals surface area contributed by atoms with Crippen LogP contribution in [-0.4, -0.2) is 31.8 Å². The number of benzene rings is 2. The molecule has 0 aliphatic carbocycles. The van der Waals surface area contributed by atoms with Crippen LogP contribution in [0.2, 0.25) is 0 Å². The van der Waals surface area contributed by atoms with Gasteiger partial charge in [0.2, 0.25) is 0 Å². The van der Waals surface area contributed by atoms with Crippen LogP contribution in [0.15, 0.2) is 53.9 Å². The van der Waals surface area contributed by atoms with Gasteiger partial charge in [0.05, 0.1) is 25.5 Å². The molecular weight excluding hydrogens is 428 g/mol. The summed E-state index contributed by atoms with van der Waals surface area (Å²) in [6.07, 6.45) is 2.77. The number of halogens is 2. The summed E-state index contributed by atoms with van der Waals surface area (Å²) < 4.78 is 44.5. The minimum Gasteiger partial charge on any atom is -0.493 e. The molecule has 31 heavy (non-hydrogen) atoms. The molecule has 1 aromatic heterocycles. The second kappa shape index (κ2) is 10.5. The molecule has 0 aliphatic rings. The third-order valence-electron chi connectivity index (χ3n) is 4.06. The Kier molecular flexibility index (Phi) is 7.55. The zero-order valence-corrected chi connectivity index (χ0v) is 17.5. The van der Waals surface area contributed by atoms with Crippen molar-refractivity contribution in [1.29, 1.82) is 0 Å². The standard InChI is InChI=1S/C22H19F2NO5S/c1-27-18-5-3-4-17(20(18)28-2)21-25-15(13-31-21)12-29-19(26)11-8-14-6-9-16(10-7-14)30-22(23)24/h3-11,13,22H,12H2,1-2H3/b11-8+. The summed E-state index contributed by atoms with van der Waals surface area (Å²) in [5.41, 5.74) is 2.02. The number of rotatable bonds is 9. The average molecular weight is 447 g/mol. The van der Waals surface area contributed by atoms with Crippen molar-refractivity contribution in [2.45, 2.75) is 13.2 Å². The number of thiazole rings is 1. The molecule has 162 valence electrons. The second-order valence-corrected chi connectivity index (χ2v) is 6.93. The smallest absolute Gasteiger partial charge is 0.387 e. The van der Waals surface area contributed by atoms with Gasteiger partial charge in [-0.25, -0.2) is 9.78 Å². The van der Waals surface area contributed by atoms with E-state index >= 15 is 0 Å². The minimum absolute atomic E-state index is 0.00707. The van der Waals surface area contributed by atoms with E-state index in [0.29, 0.717) is 27.8 Å². The number of aromatic nitrogens is 1. The fourth-order valence-corrected chi connectivity index (χ4v) is 3.50. The van der Waals surface area contributed by atoms with Gasteiger partial charge >= 0.3 is 12.6 Å². The van der Waals surface area contributed by atoms with Crippen molar-refractivity contribution in [3.63, 3.8) is 0 Å². The Bertz CT molecular complexity index is 1050. The number of methoxy groups -OCH3 is 2. The lowest BCUT2D eigenvalue weighted by Gasteiger charge is -2.10. The fraction of sp³-hybridized carbons (Fsp3) is 0.182. The van der Waals surface area contributed by atoms with Crippen LogP contribution in [0.3, 0.4) is 0 Å². The van der Waals surface area contributed by atoms with E-state index in [4.69, 9.17) is 14.2 Å². The first-order valence-corrected chi connectivity index (χ1v) is 9.93. The average Bonchev–Trinajstić information content (AvgIpc) is 3.25. The van der Waals surface area contributed by atoms with Gasteiger partial charge in [-0.1, -0.05) is 18.2 Å². The number of para-hydroxylation sites is 1. The lowest BCUT2D eigenvalue weighted by atomic mass is 10.2. The van der Waals surface area contributed by atoms with Crippen molar-refractivity contribution in [3.05, 3.63) is 65.2 Å². The number of esters is 1. The van der Waals surface area contributed by atoms with Crippen molar-refractivity contribution in [2.75, 3.05) is 14.2 Å². The number of hydrogen-bond donors (Lipinski definition) is 0. The largest absolute Gasteiger partial charge is 0.493 e. The van der Waals surface area contributed by atoms with Crippen LogP contribution in [-0.2, 0) is 16.1 Å². The normalized spacial score (nSPS) is 11.0. The lowest BCUT2D eigenvalue weighted by Crippen LogP contribution is -2.01. The molecule has 0 amide bonds. The summed E-state index contributed by atoms with van der Waals surface area (Å²) >= 11 is 1.40. The highest BCUT2D eigenvalue weighted by Crippen LogP contribution is 2.39. The molecule has 3 aromatic rings. The molecule has 0 radical (unpaired) electrons. The van der Waals surface area contributed by atoms with Gasteiger partial charge in [-0.15, -0.1) is 11.3 Å². The second-order valence-electron chi connectivity index (χ2n) is 6.07. The Balaban J connectivity index is 1.58. The Hall–Kier alpha value is -3.46. The van der Waals surface area contributed by atoms with E-state index in [2.05, 4.69) is 9.72 Å². The highest BCUT2D eigenvalue weighted by Gasteiger charge is 2.15. The maximum Gasteiger partial charge on any atom is 0.387 e. The maximum absolute atomic E-state index is 12.2. The van der Waals surface area contributed by atoms with Gasteiger partial charge in [-0.3, -0.25) is 0 Å². The van der Waals surface area contributed by atoms with Crippen LogP contribution in [0.25, 0.3) is 16.6 Å². The molecule has 0 spiro atoms. The summed E-state index contributed by atoms with van der Waals surface area (Å²) in [4.78, 5) is 16.5. The van der Waals surface area contributed by atoms with Gasteiger partial charge in [0, 0.05) is 11.5 Å². The van der Waals surface area contributed by atoms with Gasteiger partial charge in [0.25, 0.3) is 0 Å². The van der Waals surface area contributed by atoms with E-state index in [9.17, 15) is 13.6 Å². The van der Waals surface area contributed by atoms with Crippen molar-refractivity contribution < 1.29 is 32.5 Å². The SMILES string of the molecule is COc1cccc(-c2nc(COC(=O)/C=C/c3ccc(OC(F)F)cc3)cs2)c1OC. The minimum atomic E-state index is -2.88. The first-order valence-electron chi connectivity index (χ1n) is 9.05. The Labute approximate surface area is 181 Å². The first-order chi connectivity index (χ1) is 15.0. The lowest BCUT2D eigenvalue weighted by molar-refractivity contribution is -0.139. The third-order valence-corrected chi connectivity index (χ3v) is 4.99. The van der Waals surface area contributed by atoms with E-state index in [1.54, 1.807) is 37.8 Å². The van der Waals surface area contributed by atoms with Gasteiger partial charge in [0.1, 0.15) is 17.4 Å². The number of alkyl halides is 2. The molecule has 1 heterocycles. The maximum atomic E-state index is 12.2. The third kappa shape index (κ3) is 6.02. The first kappa shape index (κ1) is 22.2. The van der Waals surface area contributed by atoms with E-state index < -0.39 is 12.6 Å². The van der Waals surface area contributed by atoms with Crippen LogP contribution in [0.1, 0.15) is 11.3 Å². The molecule has 9 heteroatoms. The molecule has 6 nitrogen and oxygen atoms in total. The molecule has 3 rings (SSSR count). The highest BCUT2D eigenvalue weighted by atomic mass is 32.1. The van der Waals surface area contributed by atoms with Crippen LogP contribution >= 0.6 is 11.3 Å². The zero-order valence-electron chi connectivity index (χ0n) is 16.7. The number of nitrogens with zero attached hydrogens (tertiary/aromatic N) is 1. The predicted molar refractivity (Wildman–Crippen MR) is 113 cm³/mol. The number of ether oxygens (including phenoxy) is 4. The van der Waals surface area contributed by atoms with Crippen LogP contribution in [0, 0.1) is 0 Å². The van der Waals surface area contributed by atoms with E-state index in [1.807, 2.05) is 12.1 Å². The van der Waals surface area contributed by atoms with Crippen molar-refractivity contribution in [1.82, 2.24) is 4.98 Å².